The van der Waals surface area contributed by atoms with Crippen LogP contribution in [0.3, 0.4) is 0 Å². The van der Waals surface area contributed by atoms with Crippen LogP contribution in [-0.4, -0.2) is 53.8 Å². The molecule has 0 aromatic rings. The monoisotopic (exact) mass is 303 g/mol. The van der Waals surface area contributed by atoms with E-state index in [9.17, 15) is 9.59 Å². The summed E-state index contributed by atoms with van der Waals surface area (Å²) < 4.78 is 0. The molecule has 2 rings (SSSR count). The summed E-state index contributed by atoms with van der Waals surface area (Å²) in [5.41, 5.74) is 5.80. The van der Waals surface area contributed by atoms with Gasteiger partial charge in [-0.1, -0.05) is 6.92 Å². The Morgan fingerprint density at radius 1 is 1.35 bits per heavy atom. The first-order chi connectivity index (χ1) is 9.13. The minimum Gasteiger partial charge on any atom is -0.342 e. The van der Waals surface area contributed by atoms with Gasteiger partial charge in [-0.3, -0.25) is 9.59 Å². The lowest BCUT2D eigenvalue weighted by Gasteiger charge is -2.39. The van der Waals surface area contributed by atoms with Crippen molar-refractivity contribution in [1.29, 1.82) is 0 Å². The SMILES string of the molecule is CC1CCCN(C(=O)CCN2CCCC2=O)C1CN.Cl. The number of carbonyl (C=O) groups excluding carboxylic acids is 2. The Bertz CT molecular complexity index is 351. The zero-order chi connectivity index (χ0) is 13.8. The molecule has 2 atom stereocenters. The second-order valence-corrected chi connectivity index (χ2v) is 5.74. The predicted octanol–water partition coefficient (Wildman–Crippen LogP) is 1.01. The van der Waals surface area contributed by atoms with Crippen molar-refractivity contribution in [3.05, 3.63) is 0 Å². The molecule has 0 aromatic heterocycles. The standard InChI is InChI=1S/C14H25N3O2.ClH/c1-11-4-2-8-17(12(11)10-15)14(19)6-9-16-7-3-5-13(16)18;/h11-12H,2-10,15H2,1H3;1H. The van der Waals surface area contributed by atoms with Crippen molar-refractivity contribution in [2.75, 3.05) is 26.2 Å². The zero-order valence-electron chi connectivity index (χ0n) is 12.2. The third-order valence-corrected chi connectivity index (χ3v) is 4.44. The van der Waals surface area contributed by atoms with Gasteiger partial charge >= 0.3 is 0 Å². The highest BCUT2D eigenvalue weighted by Crippen LogP contribution is 2.23. The van der Waals surface area contributed by atoms with E-state index >= 15 is 0 Å². The molecule has 2 heterocycles. The van der Waals surface area contributed by atoms with E-state index in [4.69, 9.17) is 5.73 Å². The van der Waals surface area contributed by atoms with Gasteiger partial charge in [-0.15, -0.1) is 12.4 Å². The summed E-state index contributed by atoms with van der Waals surface area (Å²) in [5.74, 6) is 0.827. The molecule has 20 heavy (non-hydrogen) atoms. The van der Waals surface area contributed by atoms with E-state index in [1.54, 1.807) is 0 Å². The third kappa shape index (κ3) is 3.85. The van der Waals surface area contributed by atoms with Gasteiger partial charge in [0.05, 0.1) is 0 Å². The number of piperidine rings is 1. The van der Waals surface area contributed by atoms with Gasteiger partial charge in [0.25, 0.3) is 0 Å². The molecule has 6 heteroatoms. The molecule has 2 saturated heterocycles. The van der Waals surface area contributed by atoms with E-state index in [1.165, 1.54) is 0 Å². The first-order valence-electron chi connectivity index (χ1n) is 7.40. The number of likely N-dealkylation sites (tertiary alicyclic amines) is 2. The average Bonchev–Trinajstić information content (AvgIpc) is 2.81. The lowest BCUT2D eigenvalue weighted by Crippen LogP contribution is -2.51. The number of carbonyl (C=O) groups is 2. The number of hydrogen-bond donors (Lipinski definition) is 1. The summed E-state index contributed by atoms with van der Waals surface area (Å²) in [5, 5.41) is 0. The summed E-state index contributed by atoms with van der Waals surface area (Å²) in [6.07, 6.45) is 4.22. The Labute approximate surface area is 127 Å². The Morgan fingerprint density at radius 3 is 2.70 bits per heavy atom. The van der Waals surface area contributed by atoms with Gasteiger partial charge in [0.2, 0.25) is 11.8 Å². The molecule has 5 nitrogen and oxygen atoms in total. The fourth-order valence-electron chi connectivity index (χ4n) is 3.23. The van der Waals surface area contributed by atoms with Gasteiger partial charge in [-0.2, -0.15) is 0 Å². The fraction of sp³-hybridized carbons (Fsp3) is 0.857. The van der Waals surface area contributed by atoms with E-state index in [0.717, 1.165) is 32.4 Å². The van der Waals surface area contributed by atoms with Gasteiger partial charge in [0, 0.05) is 45.1 Å². The Hall–Kier alpha value is -0.810. The molecule has 2 aliphatic heterocycles. The summed E-state index contributed by atoms with van der Waals surface area (Å²) >= 11 is 0. The molecule has 2 aliphatic rings. The summed E-state index contributed by atoms with van der Waals surface area (Å²) in [6, 6.07) is 0.176. The number of nitrogens with two attached hydrogens (primary N) is 1. The van der Waals surface area contributed by atoms with E-state index in [1.807, 2.05) is 9.80 Å². The van der Waals surface area contributed by atoms with Crippen LogP contribution in [0.2, 0.25) is 0 Å². The largest absolute Gasteiger partial charge is 0.342 e. The number of amides is 2. The van der Waals surface area contributed by atoms with Crippen LogP contribution in [0.1, 0.15) is 39.0 Å². The smallest absolute Gasteiger partial charge is 0.224 e. The van der Waals surface area contributed by atoms with Gasteiger partial charge in [0.1, 0.15) is 0 Å². The van der Waals surface area contributed by atoms with Crippen LogP contribution in [0.15, 0.2) is 0 Å². The number of halogens is 1. The van der Waals surface area contributed by atoms with Crippen molar-refractivity contribution in [2.45, 2.75) is 45.1 Å². The second-order valence-electron chi connectivity index (χ2n) is 5.74. The molecule has 0 radical (unpaired) electrons. The fourth-order valence-corrected chi connectivity index (χ4v) is 3.23. The highest BCUT2D eigenvalue weighted by atomic mass is 35.5. The van der Waals surface area contributed by atoms with Crippen molar-refractivity contribution >= 4 is 24.2 Å². The van der Waals surface area contributed by atoms with Crippen LogP contribution in [0.4, 0.5) is 0 Å². The third-order valence-electron chi connectivity index (χ3n) is 4.44. The maximum absolute atomic E-state index is 12.3. The van der Waals surface area contributed by atoms with E-state index in [-0.39, 0.29) is 30.3 Å². The van der Waals surface area contributed by atoms with Crippen molar-refractivity contribution in [3.63, 3.8) is 0 Å². The normalized spacial score (nSPS) is 26.6. The number of nitrogens with zero attached hydrogens (tertiary/aromatic N) is 2. The molecule has 0 aromatic carbocycles. The molecule has 116 valence electrons. The topological polar surface area (TPSA) is 66.6 Å². The number of hydrogen-bond acceptors (Lipinski definition) is 3. The van der Waals surface area contributed by atoms with Crippen molar-refractivity contribution in [3.8, 4) is 0 Å². The minimum absolute atomic E-state index is 0. The van der Waals surface area contributed by atoms with E-state index < -0.39 is 0 Å². The quantitative estimate of drug-likeness (QED) is 0.843. The first-order valence-corrected chi connectivity index (χ1v) is 7.40. The van der Waals surface area contributed by atoms with Crippen LogP contribution in [0.5, 0.6) is 0 Å². The van der Waals surface area contributed by atoms with Crippen LogP contribution in [-0.2, 0) is 9.59 Å². The molecule has 2 unspecified atom stereocenters. The minimum atomic E-state index is 0. The van der Waals surface area contributed by atoms with Gasteiger partial charge < -0.3 is 15.5 Å². The van der Waals surface area contributed by atoms with Crippen LogP contribution in [0, 0.1) is 5.92 Å². The van der Waals surface area contributed by atoms with E-state index in [0.29, 0.717) is 31.8 Å². The molecular weight excluding hydrogens is 278 g/mol. The Morgan fingerprint density at radius 2 is 2.10 bits per heavy atom. The van der Waals surface area contributed by atoms with Crippen LogP contribution >= 0.6 is 12.4 Å². The number of rotatable bonds is 4. The highest BCUT2D eigenvalue weighted by molar-refractivity contribution is 5.85. The van der Waals surface area contributed by atoms with Gasteiger partial charge in [0.15, 0.2) is 0 Å². The Balaban J connectivity index is 0.00000200. The lowest BCUT2D eigenvalue weighted by atomic mass is 9.90. The van der Waals surface area contributed by atoms with E-state index in [2.05, 4.69) is 6.92 Å². The summed E-state index contributed by atoms with van der Waals surface area (Å²) in [4.78, 5) is 27.6. The zero-order valence-corrected chi connectivity index (χ0v) is 13.0. The molecule has 2 amide bonds. The predicted molar refractivity (Wildman–Crippen MR) is 80.6 cm³/mol. The highest BCUT2D eigenvalue weighted by Gasteiger charge is 2.31. The molecule has 2 N–H and O–H groups in total. The van der Waals surface area contributed by atoms with Crippen LogP contribution < -0.4 is 5.73 Å². The van der Waals surface area contributed by atoms with Crippen molar-refractivity contribution < 1.29 is 9.59 Å². The molecule has 2 fully saturated rings. The molecule has 0 aliphatic carbocycles. The van der Waals surface area contributed by atoms with Gasteiger partial charge in [-0.25, -0.2) is 0 Å². The lowest BCUT2D eigenvalue weighted by molar-refractivity contribution is -0.137. The van der Waals surface area contributed by atoms with Crippen LogP contribution in [0.25, 0.3) is 0 Å². The molecule has 0 spiro atoms. The maximum atomic E-state index is 12.3. The van der Waals surface area contributed by atoms with Gasteiger partial charge in [-0.05, 0) is 25.2 Å². The average molecular weight is 304 g/mol. The first kappa shape index (κ1) is 17.2. The summed E-state index contributed by atoms with van der Waals surface area (Å²) in [7, 11) is 0. The Kier molecular flexibility index (Phi) is 6.76. The second kappa shape index (κ2) is 7.84. The molecule has 0 saturated carbocycles. The maximum Gasteiger partial charge on any atom is 0.224 e. The molecular formula is C14H26ClN3O2. The molecule has 0 bridgehead atoms. The van der Waals surface area contributed by atoms with Crippen molar-refractivity contribution in [1.82, 2.24) is 9.80 Å². The summed E-state index contributed by atoms with van der Waals surface area (Å²) in [6.45, 7) is 4.90. The van der Waals surface area contributed by atoms with Crippen molar-refractivity contribution in [2.24, 2.45) is 11.7 Å².